The van der Waals surface area contributed by atoms with Gasteiger partial charge >= 0.3 is 0 Å². The van der Waals surface area contributed by atoms with Gasteiger partial charge in [-0.3, -0.25) is 10.2 Å². The molecule has 0 aliphatic heterocycles. The topological polar surface area (TPSA) is 55.1 Å². The molecule has 0 aliphatic rings. The van der Waals surface area contributed by atoms with Crippen LogP contribution in [0.1, 0.15) is 5.56 Å². The van der Waals surface area contributed by atoms with Gasteiger partial charge in [-0.1, -0.05) is 30.3 Å². The smallest absolute Gasteiger partial charge is 0.247 e. The lowest BCUT2D eigenvalue weighted by molar-refractivity contribution is -0.120. The predicted molar refractivity (Wildman–Crippen MR) is 55.3 cm³/mol. The van der Waals surface area contributed by atoms with Gasteiger partial charge in [-0.05, 0) is 12.0 Å². The van der Waals surface area contributed by atoms with Crippen molar-refractivity contribution in [1.29, 1.82) is 0 Å². The van der Waals surface area contributed by atoms with E-state index in [2.05, 4.69) is 18.1 Å². The summed E-state index contributed by atoms with van der Waals surface area (Å²) in [6.07, 6.45) is 0.590. The maximum absolute atomic E-state index is 11.0. The molecule has 0 spiro atoms. The molecule has 1 aromatic rings. The highest BCUT2D eigenvalue weighted by Gasteiger charge is 2.12. The molecule has 0 saturated heterocycles. The SMILES string of the molecule is NNC(=O)C(S)Cc1ccccc1. The number of benzene rings is 1. The number of rotatable bonds is 3. The summed E-state index contributed by atoms with van der Waals surface area (Å²) in [7, 11) is 0. The monoisotopic (exact) mass is 196 g/mol. The zero-order valence-corrected chi connectivity index (χ0v) is 8.00. The minimum absolute atomic E-state index is 0.257. The predicted octanol–water partition coefficient (Wildman–Crippen LogP) is 0.517. The van der Waals surface area contributed by atoms with Crippen molar-refractivity contribution in [2.45, 2.75) is 11.7 Å². The van der Waals surface area contributed by atoms with E-state index in [9.17, 15) is 4.79 Å². The Bertz CT molecular complexity index is 276. The molecule has 0 heterocycles. The third-order valence-electron chi connectivity index (χ3n) is 1.72. The fraction of sp³-hybridized carbons (Fsp3) is 0.222. The molecule has 1 unspecified atom stereocenters. The number of nitrogens with two attached hydrogens (primary N) is 1. The number of nitrogens with one attached hydrogen (secondary N) is 1. The van der Waals surface area contributed by atoms with E-state index in [0.29, 0.717) is 6.42 Å². The molecular weight excluding hydrogens is 184 g/mol. The van der Waals surface area contributed by atoms with Crippen molar-refractivity contribution in [3.63, 3.8) is 0 Å². The second-order valence-electron chi connectivity index (χ2n) is 2.71. The lowest BCUT2D eigenvalue weighted by atomic mass is 10.1. The maximum atomic E-state index is 11.0. The summed E-state index contributed by atoms with van der Waals surface area (Å²) in [5, 5.41) is -0.382. The lowest BCUT2D eigenvalue weighted by Crippen LogP contribution is -2.37. The average molecular weight is 196 g/mol. The van der Waals surface area contributed by atoms with E-state index in [0.717, 1.165) is 5.56 Å². The van der Waals surface area contributed by atoms with Gasteiger partial charge in [0.15, 0.2) is 0 Å². The second kappa shape index (κ2) is 4.89. The van der Waals surface area contributed by atoms with E-state index in [1.807, 2.05) is 30.3 Å². The second-order valence-corrected chi connectivity index (χ2v) is 3.34. The van der Waals surface area contributed by atoms with Gasteiger partial charge in [0.05, 0.1) is 5.25 Å². The van der Waals surface area contributed by atoms with Gasteiger partial charge in [0.1, 0.15) is 0 Å². The number of thiol groups is 1. The van der Waals surface area contributed by atoms with E-state index < -0.39 is 0 Å². The Balaban J connectivity index is 2.55. The van der Waals surface area contributed by atoms with E-state index in [-0.39, 0.29) is 11.2 Å². The van der Waals surface area contributed by atoms with Crippen LogP contribution in [0.4, 0.5) is 0 Å². The lowest BCUT2D eigenvalue weighted by Gasteiger charge is -2.08. The fourth-order valence-corrected chi connectivity index (χ4v) is 1.31. The average Bonchev–Trinajstić information content (AvgIpc) is 2.18. The molecular formula is C9H12N2OS. The Morgan fingerprint density at radius 1 is 1.46 bits per heavy atom. The quantitative estimate of drug-likeness (QED) is 0.286. The summed E-state index contributed by atoms with van der Waals surface area (Å²) in [5.41, 5.74) is 3.14. The van der Waals surface area contributed by atoms with Crippen LogP contribution in [0.25, 0.3) is 0 Å². The van der Waals surface area contributed by atoms with Crippen LogP contribution in [-0.2, 0) is 11.2 Å². The van der Waals surface area contributed by atoms with Gasteiger partial charge in [0, 0.05) is 0 Å². The standard InChI is InChI=1S/C9H12N2OS/c10-11-9(12)8(13)6-7-4-2-1-3-5-7/h1-5,8,13H,6,10H2,(H,11,12). The molecule has 0 fully saturated rings. The molecule has 0 aromatic heterocycles. The van der Waals surface area contributed by atoms with Crippen molar-refractivity contribution in [1.82, 2.24) is 5.43 Å². The van der Waals surface area contributed by atoms with Gasteiger partial charge in [-0.15, -0.1) is 0 Å². The van der Waals surface area contributed by atoms with Gasteiger partial charge in [-0.2, -0.15) is 12.6 Å². The van der Waals surface area contributed by atoms with Crippen molar-refractivity contribution in [2.75, 3.05) is 0 Å². The summed E-state index contributed by atoms with van der Waals surface area (Å²) < 4.78 is 0. The Labute approximate surface area is 82.7 Å². The highest BCUT2D eigenvalue weighted by molar-refractivity contribution is 7.81. The van der Waals surface area contributed by atoms with Crippen LogP contribution in [0.3, 0.4) is 0 Å². The Hall–Kier alpha value is -1.00. The highest BCUT2D eigenvalue weighted by atomic mass is 32.1. The molecule has 4 heteroatoms. The molecule has 13 heavy (non-hydrogen) atoms. The Morgan fingerprint density at radius 2 is 2.08 bits per heavy atom. The van der Waals surface area contributed by atoms with Crippen LogP contribution >= 0.6 is 12.6 Å². The molecule has 1 aromatic carbocycles. The van der Waals surface area contributed by atoms with Gasteiger partial charge in [-0.25, -0.2) is 5.84 Å². The van der Waals surface area contributed by atoms with E-state index in [1.54, 1.807) is 0 Å². The van der Waals surface area contributed by atoms with Crippen LogP contribution in [0.2, 0.25) is 0 Å². The molecule has 0 bridgehead atoms. The molecule has 70 valence electrons. The molecule has 1 rings (SSSR count). The minimum Gasteiger partial charge on any atom is -0.293 e. The third kappa shape index (κ3) is 3.08. The maximum Gasteiger partial charge on any atom is 0.247 e. The van der Waals surface area contributed by atoms with Crippen LogP contribution in [-0.4, -0.2) is 11.2 Å². The summed E-state index contributed by atoms with van der Waals surface area (Å²) in [6.45, 7) is 0. The normalized spacial score (nSPS) is 12.2. The molecule has 0 saturated carbocycles. The van der Waals surface area contributed by atoms with Crippen LogP contribution < -0.4 is 11.3 Å². The molecule has 3 nitrogen and oxygen atoms in total. The Kier molecular flexibility index (Phi) is 3.79. The van der Waals surface area contributed by atoms with Crippen LogP contribution in [0.5, 0.6) is 0 Å². The van der Waals surface area contributed by atoms with Crippen molar-refractivity contribution in [3.05, 3.63) is 35.9 Å². The number of amides is 1. The number of hydrazine groups is 1. The largest absolute Gasteiger partial charge is 0.293 e. The summed E-state index contributed by atoms with van der Waals surface area (Å²) >= 11 is 4.12. The minimum atomic E-state index is -0.382. The van der Waals surface area contributed by atoms with E-state index in [1.165, 1.54) is 0 Å². The molecule has 1 atom stereocenters. The number of carbonyl (C=O) groups excluding carboxylic acids is 1. The number of carbonyl (C=O) groups is 1. The van der Waals surface area contributed by atoms with Crippen molar-refractivity contribution >= 4 is 18.5 Å². The third-order valence-corrected chi connectivity index (χ3v) is 2.13. The highest BCUT2D eigenvalue weighted by Crippen LogP contribution is 2.07. The van der Waals surface area contributed by atoms with Crippen LogP contribution in [0, 0.1) is 0 Å². The molecule has 0 aliphatic carbocycles. The van der Waals surface area contributed by atoms with Gasteiger partial charge in [0.25, 0.3) is 0 Å². The summed E-state index contributed by atoms with van der Waals surface area (Å²) in [4.78, 5) is 11.0. The molecule has 3 N–H and O–H groups in total. The van der Waals surface area contributed by atoms with Gasteiger partial charge < -0.3 is 0 Å². The number of hydrogen-bond donors (Lipinski definition) is 3. The van der Waals surface area contributed by atoms with Crippen molar-refractivity contribution in [2.24, 2.45) is 5.84 Å². The number of hydrogen-bond acceptors (Lipinski definition) is 3. The first kappa shape index (κ1) is 10.1. The van der Waals surface area contributed by atoms with Crippen LogP contribution in [0.15, 0.2) is 30.3 Å². The first-order valence-electron chi connectivity index (χ1n) is 3.96. The first-order valence-corrected chi connectivity index (χ1v) is 4.48. The summed E-state index contributed by atoms with van der Waals surface area (Å²) in [5.74, 6) is 4.72. The zero-order chi connectivity index (χ0) is 9.68. The van der Waals surface area contributed by atoms with Gasteiger partial charge in [0.2, 0.25) is 5.91 Å². The fourth-order valence-electron chi connectivity index (χ4n) is 1.03. The summed E-state index contributed by atoms with van der Waals surface area (Å²) in [6, 6.07) is 9.69. The van der Waals surface area contributed by atoms with Crippen molar-refractivity contribution < 1.29 is 4.79 Å². The van der Waals surface area contributed by atoms with Crippen molar-refractivity contribution in [3.8, 4) is 0 Å². The van der Waals surface area contributed by atoms with E-state index >= 15 is 0 Å². The Morgan fingerprint density at radius 3 is 2.62 bits per heavy atom. The van der Waals surface area contributed by atoms with E-state index in [4.69, 9.17) is 5.84 Å². The molecule has 0 radical (unpaired) electrons. The molecule has 1 amide bonds. The zero-order valence-electron chi connectivity index (χ0n) is 7.10. The first-order chi connectivity index (χ1) is 6.24.